The Hall–Kier alpha value is -1.88. The molecule has 0 atom stereocenters. The molecule has 0 radical (unpaired) electrons. The van der Waals surface area contributed by atoms with Crippen LogP contribution in [0.15, 0.2) is 29.9 Å². The number of rotatable bonds is 5. The monoisotopic (exact) mass is 249 g/mol. The van der Waals surface area contributed by atoms with E-state index < -0.39 is 0 Å². The Balaban J connectivity index is 2.15. The molecule has 0 N–H and O–H groups in total. The number of benzene rings is 1. The number of nitrogens with zero attached hydrogens (tertiary/aromatic N) is 1. The molecule has 5 heteroatoms. The van der Waals surface area contributed by atoms with Gasteiger partial charge in [0.15, 0.2) is 11.5 Å². The zero-order valence-electron chi connectivity index (χ0n) is 9.25. The van der Waals surface area contributed by atoms with Gasteiger partial charge in [0.2, 0.25) is 0 Å². The van der Waals surface area contributed by atoms with E-state index in [1.807, 2.05) is 0 Å². The van der Waals surface area contributed by atoms with E-state index in [1.165, 1.54) is 11.3 Å². The van der Waals surface area contributed by atoms with Crippen LogP contribution in [-0.4, -0.2) is 18.4 Å². The lowest BCUT2D eigenvalue weighted by atomic mass is 10.2. The van der Waals surface area contributed by atoms with Crippen molar-refractivity contribution in [3.8, 4) is 11.5 Å². The van der Waals surface area contributed by atoms with E-state index in [9.17, 15) is 4.79 Å². The van der Waals surface area contributed by atoms with Crippen LogP contribution in [0.4, 0.5) is 0 Å². The fourth-order valence-corrected chi connectivity index (χ4v) is 1.85. The highest BCUT2D eigenvalue weighted by molar-refractivity contribution is 7.09. The molecule has 4 nitrogen and oxygen atoms in total. The van der Waals surface area contributed by atoms with Crippen LogP contribution in [0.2, 0.25) is 0 Å². The van der Waals surface area contributed by atoms with Crippen LogP contribution < -0.4 is 9.47 Å². The van der Waals surface area contributed by atoms with Crippen LogP contribution in [-0.2, 0) is 6.61 Å². The second-order valence-electron chi connectivity index (χ2n) is 3.28. The topological polar surface area (TPSA) is 48.4 Å². The molecule has 0 bridgehead atoms. The van der Waals surface area contributed by atoms with Crippen molar-refractivity contribution < 1.29 is 14.3 Å². The first-order valence-corrected chi connectivity index (χ1v) is 5.85. The van der Waals surface area contributed by atoms with Gasteiger partial charge in [0, 0.05) is 11.8 Å². The molecule has 0 amide bonds. The summed E-state index contributed by atoms with van der Waals surface area (Å²) < 4.78 is 10.8. The highest BCUT2D eigenvalue weighted by Gasteiger charge is 2.06. The van der Waals surface area contributed by atoms with Crippen molar-refractivity contribution in [3.63, 3.8) is 0 Å². The van der Waals surface area contributed by atoms with Crippen molar-refractivity contribution in [2.75, 3.05) is 7.11 Å². The molecule has 0 spiro atoms. The van der Waals surface area contributed by atoms with E-state index >= 15 is 0 Å². The molecule has 0 aliphatic carbocycles. The van der Waals surface area contributed by atoms with E-state index in [0.717, 1.165) is 11.2 Å². The molecule has 88 valence electrons. The van der Waals surface area contributed by atoms with Gasteiger partial charge in [-0.2, -0.15) is 0 Å². The molecule has 1 aromatic carbocycles. The molecular formula is C12H11NO3S. The summed E-state index contributed by atoms with van der Waals surface area (Å²) in [6.07, 6.45) is 2.53. The van der Waals surface area contributed by atoms with Gasteiger partial charge in [-0.05, 0) is 18.2 Å². The Morgan fingerprint density at radius 3 is 2.94 bits per heavy atom. The minimum Gasteiger partial charge on any atom is -0.493 e. The maximum atomic E-state index is 10.7. The van der Waals surface area contributed by atoms with E-state index in [-0.39, 0.29) is 0 Å². The maximum absolute atomic E-state index is 10.7. The van der Waals surface area contributed by atoms with Crippen LogP contribution in [0.1, 0.15) is 15.2 Å². The van der Waals surface area contributed by atoms with Crippen LogP contribution in [0.25, 0.3) is 0 Å². The van der Waals surface area contributed by atoms with Crippen molar-refractivity contribution in [2.24, 2.45) is 0 Å². The van der Waals surface area contributed by atoms with Gasteiger partial charge >= 0.3 is 0 Å². The zero-order chi connectivity index (χ0) is 12.1. The van der Waals surface area contributed by atoms with E-state index in [1.54, 1.807) is 37.0 Å². The van der Waals surface area contributed by atoms with Gasteiger partial charge < -0.3 is 9.47 Å². The van der Waals surface area contributed by atoms with Gasteiger partial charge in [0.1, 0.15) is 12.9 Å². The summed E-state index contributed by atoms with van der Waals surface area (Å²) in [6, 6.07) is 5.06. The van der Waals surface area contributed by atoms with Crippen molar-refractivity contribution in [3.05, 3.63) is 40.3 Å². The second-order valence-corrected chi connectivity index (χ2v) is 4.26. The quantitative estimate of drug-likeness (QED) is 0.764. The summed E-state index contributed by atoms with van der Waals surface area (Å²) in [7, 11) is 1.56. The van der Waals surface area contributed by atoms with Gasteiger partial charge in [0.05, 0.1) is 17.5 Å². The molecule has 0 unspecified atom stereocenters. The predicted octanol–water partition coefficient (Wildman–Crippen LogP) is 2.54. The fraction of sp³-hybridized carbons (Fsp3) is 0.167. The minimum atomic E-state index is 0.420. The lowest BCUT2D eigenvalue weighted by Gasteiger charge is -2.09. The number of hydrogen-bond donors (Lipinski definition) is 0. The van der Waals surface area contributed by atoms with Crippen molar-refractivity contribution in [1.29, 1.82) is 0 Å². The van der Waals surface area contributed by atoms with Gasteiger partial charge in [0.25, 0.3) is 0 Å². The summed E-state index contributed by atoms with van der Waals surface area (Å²) in [5.41, 5.74) is 2.31. The molecule has 0 aliphatic heterocycles. The Morgan fingerprint density at radius 2 is 2.29 bits per heavy atom. The highest BCUT2D eigenvalue weighted by Crippen LogP contribution is 2.28. The standard InChI is InChI=1S/C12H11NO3S/c1-15-11-3-2-9(6-14)4-12(11)16-7-10-5-13-8-17-10/h2-6,8H,7H2,1H3. The first-order chi connectivity index (χ1) is 8.33. The lowest BCUT2D eigenvalue weighted by Crippen LogP contribution is -1.97. The predicted molar refractivity (Wildman–Crippen MR) is 64.8 cm³/mol. The summed E-state index contributed by atoms with van der Waals surface area (Å²) in [5.74, 6) is 1.17. The van der Waals surface area contributed by atoms with Crippen molar-refractivity contribution in [2.45, 2.75) is 6.61 Å². The number of ether oxygens (including phenoxy) is 2. The molecular weight excluding hydrogens is 238 g/mol. The molecule has 0 saturated heterocycles. The van der Waals surface area contributed by atoms with Crippen molar-refractivity contribution in [1.82, 2.24) is 4.98 Å². The minimum absolute atomic E-state index is 0.420. The molecule has 2 rings (SSSR count). The number of aldehydes is 1. The second kappa shape index (κ2) is 5.45. The molecule has 1 heterocycles. The number of hydrogen-bond acceptors (Lipinski definition) is 5. The van der Waals surface area contributed by atoms with E-state index in [0.29, 0.717) is 23.7 Å². The largest absolute Gasteiger partial charge is 0.493 e. The van der Waals surface area contributed by atoms with Crippen molar-refractivity contribution >= 4 is 17.6 Å². The highest BCUT2D eigenvalue weighted by atomic mass is 32.1. The molecule has 17 heavy (non-hydrogen) atoms. The molecule has 1 aromatic heterocycles. The van der Waals surface area contributed by atoms with E-state index in [4.69, 9.17) is 9.47 Å². The summed E-state index contributed by atoms with van der Waals surface area (Å²) in [4.78, 5) is 15.7. The normalized spacial score (nSPS) is 9.94. The first-order valence-electron chi connectivity index (χ1n) is 4.97. The van der Waals surface area contributed by atoms with Crippen LogP contribution in [0, 0.1) is 0 Å². The molecule has 0 saturated carbocycles. The average Bonchev–Trinajstić information content (AvgIpc) is 2.89. The third-order valence-electron chi connectivity index (χ3n) is 2.18. The summed E-state index contributed by atoms with van der Waals surface area (Å²) in [6.45, 7) is 0.420. The first kappa shape index (κ1) is 11.6. The molecule has 0 aliphatic rings. The maximum Gasteiger partial charge on any atom is 0.162 e. The van der Waals surface area contributed by atoms with Crippen LogP contribution >= 0.6 is 11.3 Å². The van der Waals surface area contributed by atoms with E-state index in [2.05, 4.69) is 4.98 Å². The lowest BCUT2D eigenvalue weighted by molar-refractivity contribution is 0.112. The Morgan fingerprint density at radius 1 is 1.41 bits per heavy atom. The Labute approximate surface area is 103 Å². The number of thiazole rings is 1. The number of carbonyl (C=O) groups is 1. The SMILES string of the molecule is COc1ccc(C=O)cc1OCc1cncs1. The fourth-order valence-electron chi connectivity index (χ4n) is 1.34. The third kappa shape index (κ3) is 2.82. The summed E-state index contributed by atoms with van der Waals surface area (Å²) in [5, 5.41) is 0. The third-order valence-corrected chi connectivity index (χ3v) is 2.93. The van der Waals surface area contributed by atoms with Gasteiger partial charge in [-0.3, -0.25) is 9.78 Å². The van der Waals surface area contributed by atoms with Gasteiger partial charge in [-0.1, -0.05) is 0 Å². The molecule has 2 aromatic rings. The van der Waals surface area contributed by atoms with Gasteiger partial charge in [-0.25, -0.2) is 0 Å². The number of carbonyl (C=O) groups excluding carboxylic acids is 1. The Kier molecular flexibility index (Phi) is 3.72. The van der Waals surface area contributed by atoms with Gasteiger partial charge in [-0.15, -0.1) is 11.3 Å². The number of methoxy groups -OCH3 is 1. The molecule has 0 fully saturated rings. The Bertz CT molecular complexity index is 496. The zero-order valence-corrected chi connectivity index (χ0v) is 10.1. The van der Waals surface area contributed by atoms with Crippen LogP contribution in [0.3, 0.4) is 0 Å². The summed E-state index contributed by atoms with van der Waals surface area (Å²) >= 11 is 1.52. The smallest absolute Gasteiger partial charge is 0.162 e. The number of aromatic nitrogens is 1. The average molecular weight is 249 g/mol. The van der Waals surface area contributed by atoms with Crippen LogP contribution in [0.5, 0.6) is 11.5 Å².